The zero-order valence-electron chi connectivity index (χ0n) is 22.2. The first kappa shape index (κ1) is 28.0. The van der Waals surface area contributed by atoms with Crippen LogP contribution < -0.4 is 5.32 Å². The van der Waals surface area contributed by atoms with Crippen molar-refractivity contribution in [1.29, 1.82) is 0 Å². The van der Waals surface area contributed by atoms with Crippen molar-refractivity contribution in [2.24, 2.45) is 0 Å². The van der Waals surface area contributed by atoms with Crippen molar-refractivity contribution in [3.63, 3.8) is 0 Å². The van der Waals surface area contributed by atoms with Gasteiger partial charge in [0.15, 0.2) is 0 Å². The molecule has 0 fully saturated rings. The highest BCUT2D eigenvalue weighted by Gasteiger charge is 2.41. The minimum absolute atomic E-state index is 0.0555. The molecular weight excluding hydrogens is 514 g/mol. The molecule has 4 rings (SSSR count). The molecule has 8 nitrogen and oxygen atoms in total. The minimum Gasteiger partial charge on any atom is -0.354 e. The van der Waals surface area contributed by atoms with Crippen LogP contribution in [0.4, 0.5) is 0 Å². The molecule has 1 aliphatic heterocycles. The van der Waals surface area contributed by atoms with E-state index < -0.39 is 27.9 Å². The minimum atomic E-state index is -4.05. The molecule has 0 aromatic heterocycles. The molecule has 0 radical (unpaired) electrons. The van der Waals surface area contributed by atoms with Crippen molar-refractivity contribution >= 4 is 27.7 Å². The Balaban J connectivity index is 1.63. The lowest BCUT2D eigenvalue weighted by Gasteiger charge is -2.32. The Bertz CT molecular complexity index is 1460. The molecule has 0 spiro atoms. The number of nitrogens with one attached hydrogen (secondary N) is 1. The number of sulfonamides is 1. The summed E-state index contributed by atoms with van der Waals surface area (Å²) >= 11 is 0. The molecular formula is C30H33N3O5S. The summed E-state index contributed by atoms with van der Waals surface area (Å²) in [5.74, 6) is -1.34. The zero-order valence-corrected chi connectivity index (χ0v) is 23.0. The number of fused-ring (bicyclic) bond motifs is 1. The third-order valence-corrected chi connectivity index (χ3v) is 8.70. The lowest BCUT2D eigenvalue weighted by atomic mass is 10.0. The first-order valence-corrected chi connectivity index (χ1v) is 14.5. The number of benzene rings is 3. The largest absolute Gasteiger partial charge is 0.354 e. The van der Waals surface area contributed by atoms with Crippen molar-refractivity contribution in [2.45, 2.75) is 50.6 Å². The summed E-state index contributed by atoms with van der Waals surface area (Å²) in [7, 11) is -4.05. The molecule has 9 heteroatoms. The lowest BCUT2D eigenvalue weighted by Crippen LogP contribution is -2.51. The third kappa shape index (κ3) is 6.20. The average Bonchev–Trinajstić information content (AvgIpc) is 3.13. The quantitative estimate of drug-likeness (QED) is 0.394. The summed E-state index contributed by atoms with van der Waals surface area (Å²) in [6, 6.07) is 22.3. The van der Waals surface area contributed by atoms with E-state index in [4.69, 9.17) is 0 Å². The van der Waals surface area contributed by atoms with Crippen LogP contribution in [0, 0.1) is 6.92 Å². The van der Waals surface area contributed by atoms with Crippen LogP contribution in [0.1, 0.15) is 46.8 Å². The normalized spacial score (nSPS) is 14.5. The van der Waals surface area contributed by atoms with Crippen molar-refractivity contribution < 1.29 is 22.8 Å². The first-order chi connectivity index (χ1) is 18.7. The summed E-state index contributed by atoms with van der Waals surface area (Å²) in [6.07, 6.45) is 0.780. The van der Waals surface area contributed by atoms with E-state index in [2.05, 4.69) is 5.32 Å². The number of aryl methyl sites for hydroxylation is 1. The fourth-order valence-electron chi connectivity index (χ4n) is 4.68. The summed E-state index contributed by atoms with van der Waals surface area (Å²) in [5.41, 5.74) is 2.84. The molecule has 1 atom stereocenters. The molecule has 0 bridgehead atoms. The number of carbonyl (C=O) groups excluding carboxylic acids is 3. The number of nitrogens with zero attached hydrogens (tertiary/aromatic N) is 2. The number of hydrogen-bond donors (Lipinski definition) is 1. The van der Waals surface area contributed by atoms with Crippen LogP contribution in [0.15, 0.2) is 83.8 Å². The molecule has 1 heterocycles. The van der Waals surface area contributed by atoms with Gasteiger partial charge in [-0.1, -0.05) is 73.7 Å². The standard InChI is InChI=1S/C30H33N3O5S/c1-3-18-31-29(35)26(20-23-12-5-4-6-13-23)32(21-24-14-8-7-11-22(24)2)28(34)17-19-33-30(36)25-15-9-10-16-27(25)39(33,37)38/h4-16,26H,3,17-21H2,1-2H3,(H,31,35). The van der Waals surface area contributed by atoms with Crippen LogP contribution in [0.3, 0.4) is 0 Å². The van der Waals surface area contributed by atoms with Gasteiger partial charge in [0.1, 0.15) is 10.9 Å². The van der Waals surface area contributed by atoms with Gasteiger partial charge in [-0.05, 0) is 42.2 Å². The predicted molar refractivity (Wildman–Crippen MR) is 148 cm³/mol. The Morgan fingerprint density at radius 2 is 1.62 bits per heavy atom. The highest BCUT2D eigenvalue weighted by molar-refractivity contribution is 7.90. The summed E-state index contributed by atoms with van der Waals surface area (Å²) in [5, 5.41) is 2.92. The molecule has 0 aliphatic carbocycles. The first-order valence-electron chi connectivity index (χ1n) is 13.1. The van der Waals surface area contributed by atoms with Gasteiger partial charge in [-0.2, -0.15) is 0 Å². The number of amides is 3. The Morgan fingerprint density at radius 3 is 2.31 bits per heavy atom. The van der Waals surface area contributed by atoms with Crippen LogP contribution in [0.5, 0.6) is 0 Å². The second kappa shape index (κ2) is 12.3. The zero-order chi connectivity index (χ0) is 28.0. The smallest absolute Gasteiger partial charge is 0.269 e. The maximum atomic E-state index is 13.8. The van der Waals surface area contributed by atoms with E-state index in [0.29, 0.717) is 13.0 Å². The summed E-state index contributed by atoms with van der Waals surface area (Å²) < 4.78 is 26.8. The molecule has 3 aromatic rings. The average molecular weight is 548 g/mol. The second-order valence-corrected chi connectivity index (χ2v) is 11.4. The van der Waals surface area contributed by atoms with Gasteiger partial charge >= 0.3 is 0 Å². The SMILES string of the molecule is CCCNC(=O)C(Cc1ccccc1)N(Cc1ccccc1C)C(=O)CCN1C(=O)c2ccccc2S1(=O)=O. The Labute approximate surface area is 229 Å². The Kier molecular flexibility index (Phi) is 8.81. The molecule has 0 saturated carbocycles. The predicted octanol–water partition coefficient (Wildman–Crippen LogP) is 3.70. The molecule has 0 saturated heterocycles. The van der Waals surface area contributed by atoms with E-state index in [9.17, 15) is 22.8 Å². The molecule has 39 heavy (non-hydrogen) atoms. The van der Waals surface area contributed by atoms with E-state index in [-0.39, 0.29) is 35.9 Å². The van der Waals surface area contributed by atoms with Gasteiger partial charge in [-0.25, -0.2) is 12.7 Å². The number of rotatable bonds is 11. The van der Waals surface area contributed by atoms with E-state index >= 15 is 0 Å². The van der Waals surface area contributed by atoms with Crippen molar-refractivity contribution in [3.05, 3.63) is 101 Å². The van der Waals surface area contributed by atoms with Gasteiger partial charge in [-0.15, -0.1) is 0 Å². The van der Waals surface area contributed by atoms with Gasteiger partial charge in [0.2, 0.25) is 11.8 Å². The maximum absolute atomic E-state index is 13.8. The highest BCUT2D eigenvalue weighted by atomic mass is 32.2. The van der Waals surface area contributed by atoms with Gasteiger partial charge in [0.25, 0.3) is 15.9 Å². The fraction of sp³-hybridized carbons (Fsp3) is 0.300. The van der Waals surface area contributed by atoms with E-state index in [1.165, 1.54) is 17.0 Å². The van der Waals surface area contributed by atoms with Crippen molar-refractivity contribution in [1.82, 2.24) is 14.5 Å². The van der Waals surface area contributed by atoms with Crippen molar-refractivity contribution in [3.8, 4) is 0 Å². The lowest BCUT2D eigenvalue weighted by molar-refractivity contribution is -0.141. The van der Waals surface area contributed by atoms with E-state index in [0.717, 1.165) is 27.4 Å². The van der Waals surface area contributed by atoms with Crippen LogP contribution in [-0.4, -0.2) is 54.5 Å². The number of hydrogen-bond acceptors (Lipinski definition) is 5. The fourth-order valence-corrected chi connectivity index (χ4v) is 6.25. The number of carbonyl (C=O) groups is 3. The van der Waals surface area contributed by atoms with Gasteiger partial charge in [0, 0.05) is 32.5 Å². The van der Waals surface area contributed by atoms with E-state index in [1.807, 2.05) is 68.4 Å². The molecule has 1 N–H and O–H groups in total. The van der Waals surface area contributed by atoms with E-state index in [1.54, 1.807) is 12.1 Å². The Hall–Kier alpha value is -3.98. The van der Waals surface area contributed by atoms with Gasteiger partial charge in [-0.3, -0.25) is 14.4 Å². The third-order valence-electron chi connectivity index (χ3n) is 6.86. The van der Waals surface area contributed by atoms with Gasteiger partial charge < -0.3 is 10.2 Å². The molecule has 1 unspecified atom stereocenters. The van der Waals surface area contributed by atoms with Crippen LogP contribution in [0.25, 0.3) is 0 Å². The Morgan fingerprint density at radius 1 is 0.949 bits per heavy atom. The second-order valence-electron chi connectivity index (χ2n) is 9.57. The van der Waals surface area contributed by atoms with Crippen LogP contribution >= 0.6 is 0 Å². The highest BCUT2D eigenvalue weighted by Crippen LogP contribution is 2.30. The topological polar surface area (TPSA) is 104 Å². The molecule has 3 aromatic carbocycles. The molecule has 1 aliphatic rings. The molecule has 204 valence electrons. The van der Waals surface area contributed by atoms with Crippen LogP contribution in [-0.2, 0) is 32.6 Å². The summed E-state index contributed by atoms with van der Waals surface area (Å²) in [6.45, 7) is 4.22. The molecule has 3 amide bonds. The maximum Gasteiger partial charge on any atom is 0.269 e. The van der Waals surface area contributed by atoms with Gasteiger partial charge in [0.05, 0.1) is 5.56 Å². The summed E-state index contributed by atoms with van der Waals surface area (Å²) in [4.78, 5) is 41.6. The monoisotopic (exact) mass is 547 g/mol. The van der Waals surface area contributed by atoms with Crippen LogP contribution in [0.2, 0.25) is 0 Å². The van der Waals surface area contributed by atoms with Crippen molar-refractivity contribution in [2.75, 3.05) is 13.1 Å².